The molecule has 0 radical (unpaired) electrons. The monoisotopic (exact) mass is 448 g/mol. The van der Waals surface area contributed by atoms with Gasteiger partial charge in [0.25, 0.3) is 0 Å². The Morgan fingerprint density at radius 2 is 1.83 bits per heavy atom. The van der Waals surface area contributed by atoms with E-state index in [9.17, 15) is 0 Å². The number of hydrogen-bond acceptors (Lipinski definition) is 4. The van der Waals surface area contributed by atoms with Gasteiger partial charge in [-0.3, -0.25) is 0 Å². The highest BCUT2D eigenvalue weighted by molar-refractivity contribution is 9.10. The van der Waals surface area contributed by atoms with E-state index < -0.39 is 0 Å². The Balaban J connectivity index is 1.62. The Morgan fingerprint density at radius 3 is 2.62 bits per heavy atom. The summed E-state index contributed by atoms with van der Waals surface area (Å²) >= 11 is 3.59. The number of aryl methyl sites for hydroxylation is 1. The molecule has 3 aromatic rings. The molecule has 2 atom stereocenters. The summed E-state index contributed by atoms with van der Waals surface area (Å²) in [6.07, 6.45) is 0.487. The van der Waals surface area contributed by atoms with Crippen LogP contribution in [0.25, 0.3) is 0 Å². The first-order valence-electron chi connectivity index (χ1n) is 9.66. The molecule has 0 spiro atoms. The molecule has 0 fully saturated rings. The van der Waals surface area contributed by atoms with E-state index in [-0.39, 0.29) is 12.3 Å². The second-order valence-corrected chi connectivity index (χ2v) is 8.32. The van der Waals surface area contributed by atoms with Crippen LogP contribution in [0.1, 0.15) is 40.9 Å². The van der Waals surface area contributed by atoms with Crippen LogP contribution in [-0.2, 0) is 0 Å². The maximum absolute atomic E-state index is 6.45. The summed E-state index contributed by atoms with van der Waals surface area (Å²) in [6, 6.07) is 22.9. The average molecular weight is 449 g/mol. The van der Waals surface area contributed by atoms with Gasteiger partial charge in [0.15, 0.2) is 0 Å². The number of methoxy groups -OCH3 is 1. The lowest BCUT2D eigenvalue weighted by Gasteiger charge is -2.38. The number of hydrogen-bond donors (Lipinski definition) is 0. The van der Waals surface area contributed by atoms with Crippen molar-refractivity contribution in [2.24, 2.45) is 5.10 Å². The van der Waals surface area contributed by atoms with E-state index in [2.05, 4.69) is 64.3 Å². The second kappa shape index (κ2) is 7.23. The number of para-hydroxylation sites is 1. The molecule has 0 saturated carbocycles. The molecule has 2 heterocycles. The maximum Gasteiger partial charge on any atom is 0.217 e. The number of nitrogens with zero attached hydrogens (tertiary/aromatic N) is 2. The summed E-state index contributed by atoms with van der Waals surface area (Å²) in [7, 11) is 1.69. The van der Waals surface area contributed by atoms with Crippen LogP contribution in [0, 0.1) is 6.92 Å². The fourth-order valence-corrected chi connectivity index (χ4v) is 4.44. The lowest BCUT2D eigenvalue weighted by molar-refractivity contribution is -0.0203. The Labute approximate surface area is 178 Å². The molecule has 0 bridgehead atoms. The predicted octanol–water partition coefficient (Wildman–Crippen LogP) is 6.01. The number of fused-ring (bicyclic) bond motifs is 3. The van der Waals surface area contributed by atoms with Gasteiger partial charge in [-0.1, -0.05) is 64.0 Å². The number of halogens is 1. The van der Waals surface area contributed by atoms with E-state index in [0.29, 0.717) is 0 Å². The first kappa shape index (κ1) is 18.3. The van der Waals surface area contributed by atoms with Crippen molar-refractivity contribution in [3.63, 3.8) is 0 Å². The third kappa shape index (κ3) is 3.19. The Bertz CT molecular complexity index is 1090. The molecule has 0 N–H and O–H groups in total. The van der Waals surface area contributed by atoms with Gasteiger partial charge in [-0.15, -0.1) is 0 Å². The summed E-state index contributed by atoms with van der Waals surface area (Å²) in [5.41, 5.74) is 5.60. The van der Waals surface area contributed by atoms with Crippen molar-refractivity contribution in [2.45, 2.75) is 25.6 Å². The van der Waals surface area contributed by atoms with Gasteiger partial charge in [-0.25, -0.2) is 5.01 Å². The molecule has 3 aromatic carbocycles. The largest absolute Gasteiger partial charge is 0.496 e. The quantitative estimate of drug-likeness (QED) is 0.491. The molecule has 29 heavy (non-hydrogen) atoms. The SMILES string of the molecule is COc1ccc(Br)cc1[C@H]1Oc2ccccc2[C@@H]2CC(c3ccc(C)cc3)=NN12. The Kier molecular flexibility index (Phi) is 4.55. The molecule has 5 rings (SSSR count). The summed E-state index contributed by atoms with van der Waals surface area (Å²) in [6.45, 7) is 2.10. The normalized spacial score (nSPS) is 19.8. The molecule has 2 aliphatic rings. The number of rotatable bonds is 3. The smallest absolute Gasteiger partial charge is 0.217 e. The molecule has 0 unspecified atom stereocenters. The maximum atomic E-state index is 6.45. The van der Waals surface area contributed by atoms with Gasteiger partial charge in [0.1, 0.15) is 11.5 Å². The number of ether oxygens (including phenoxy) is 2. The molecule has 0 amide bonds. The van der Waals surface area contributed by atoms with Crippen molar-refractivity contribution in [3.05, 3.63) is 93.5 Å². The standard InChI is InChI=1S/C24H21BrN2O2/c1-15-7-9-16(10-8-15)20-14-21-18-5-3-4-6-23(18)29-24(27(21)26-20)19-13-17(25)11-12-22(19)28-2/h3-13,21,24H,14H2,1-2H3/t21-,24+/m0/s1. The average Bonchev–Trinajstić information content (AvgIpc) is 3.19. The topological polar surface area (TPSA) is 34.1 Å². The van der Waals surface area contributed by atoms with Gasteiger partial charge in [-0.05, 0) is 36.8 Å². The summed E-state index contributed by atoms with van der Waals surface area (Å²) in [5.74, 6) is 1.69. The Morgan fingerprint density at radius 1 is 1.03 bits per heavy atom. The van der Waals surface area contributed by atoms with Crippen LogP contribution in [0.15, 0.2) is 76.3 Å². The molecule has 4 nitrogen and oxygen atoms in total. The summed E-state index contributed by atoms with van der Waals surface area (Å²) in [5, 5.41) is 7.11. The minimum atomic E-state index is -0.356. The minimum Gasteiger partial charge on any atom is -0.496 e. The molecule has 0 aromatic heterocycles. The summed E-state index contributed by atoms with van der Waals surface area (Å²) < 4.78 is 13.1. The number of benzene rings is 3. The van der Waals surface area contributed by atoms with Crippen LogP contribution in [0.4, 0.5) is 0 Å². The van der Waals surface area contributed by atoms with Crippen molar-refractivity contribution in [3.8, 4) is 11.5 Å². The van der Waals surface area contributed by atoms with Gasteiger partial charge >= 0.3 is 0 Å². The van der Waals surface area contributed by atoms with Crippen molar-refractivity contribution < 1.29 is 9.47 Å². The van der Waals surface area contributed by atoms with Crippen molar-refractivity contribution in [1.29, 1.82) is 0 Å². The predicted molar refractivity (Wildman–Crippen MR) is 117 cm³/mol. The van der Waals surface area contributed by atoms with E-state index >= 15 is 0 Å². The van der Waals surface area contributed by atoms with Crippen LogP contribution in [0.5, 0.6) is 11.5 Å². The highest BCUT2D eigenvalue weighted by Gasteiger charge is 2.41. The van der Waals surface area contributed by atoms with Gasteiger partial charge in [-0.2, -0.15) is 5.10 Å². The van der Waals surface area contributed by atoms with Gasteiger partial charge in [0.05, 0.1) is 24.4 Å². The van der Waals surface area contributed by atoms with Crippen LogP contribution in [0.2, 0.25) is 0 Å². The minimum absolute atomic E-state index is 0.130. The van der Waals surface area contributed by atoms with E-state index in [0.717, 1.165) is 39.2 Å². The molecule has 146 valence electrons. The zero-order valence-electron chi connectivity index (χ0n) is 16.3. The zero-order chi connectivity index (χ0) is 20.0. The van der Waals surface area contributed by atoms with Crippen LogP contribution in [0.3, 0.4) is 0 Å². The van der Waals surface area contributed by atoms with Crippen LogP contribution >= 0.6 is 15.9 Å². The van der Waals surface area contributed by atoms with Crippen LogP contribution < -0.4 is 9.47 Å². The second-order valence-electron chi connectivity index (χ2n) is 7.41. The third-order valence-corrected chi connectivity index (χ3v) is 6.03. The first-order chi connectivity index (χ1) is 14.1. The Hall–Kier alpha value is -2.79. The van der Waals surface area contributed by atoms with E-state index in [1.54, 1.807) is 7.11 Å². The highest BCUT2D eigenvalue weighted by Crippen LogP contribution is 2.49. The fraction of sp³-hybridized carbons (Fsp3) is 0.208. The van der Waals surface area contributed by atoms with E-state index in [1.165, 1.54) is 11.1 Å². The van der Waals surface area contributed by atoms with Gasteiger partial charge < -0.3 is 9.47 Å². The third-order valence-electron chi connectivity index (χ3n) is 5.54. The van der Waals surface area contributed by atoms with Crippen molar-refractivity contribution >= 4 is 21.6 Å². The first-order valence-corrected chi connectivity index (χ1v) is 10.5. The van der Waals surface area contributed by atoms with E-state index in [4.69, 9.17) is 14.6 Å². The molecular formula is C24H21BrN2O2. The lowest BCUT2D eigenvalue weighted by atomic mass is 9.95. The fourth-order valence-electron chi connectivity index (χ4n) is 4.06. The molecule has 2 aliphatic heterocycles. The molecule has 0 saturated heterocycles. The van der Waals surface area contributed by atoms with Gasteiger partial charge in [0.2, 0.25) is 6.23 Å². The number of hydrazone groups is 1. The molecular weight excluding hydrogens is 428 g/mol. The van der Waals surface area contributed by atoms with Crippen molar-refractivity contribution in [1.82, 2.24) is 5.01 Å². The summed E-state index contributed by atoms with van der Waals surface area (Å²) in [4.78, 5) is 0. The van der Waals surface area contributed by atoms with E-state index in [1.807, 2.05) is 30.3 Å². The molecule has 5 heteroatoms. The van der Waals surface area contributed by atoms with Gasteiger partial charge in [0, 0.05) is 16.5 Å². The van der Waals surface area contributed by atoms with Crippen LogP contribution in [-0.4, -0.2) is 17.8 Å². The van der Waals surface area contributed by atoms with Crippen molar-refractivity contribution in [2.75, 3.05) is 7.11 Å². The highest BCUT2D eigenvalue weighted by atomic mass is 79.9. The zero-order valence-corrected chi connectivity index (χ0v) is 17.9. The lowest BCUT2D eigenvalue weighted by Crippen LogP contribution is -2.33. The molecule has 0 aliphatic carbocycles.